The monoisotopic (exact) mass is 279 g/mol. The molecule has 0 aromatic heterocycles. The van der Waals surface area contributed by atoms with Crippen molar-refractivity contribution in [2.75, 3.05) is 20.4 Å². The Hall–Kier alpha value is -1.06. The minimum atomic E-state index is 0.499. The molecule has 0 unspecified atom stereocenters. The summed E-state index contributed by atoms with van der Waals surface area (Å²) >= 11 is 0. The molecule has 1 aromatic carbocycles. The second-order valence-corrected chi connectivity index (χ2v) is 5.55. The maximum absolute atomic E-state index is 5.87. The van der Waals surface area contributed by atoms with Crippen LogP contribution in [0.4, 0.5) is 0 Å². The maximum Gasteiger partial charge on any atom is 0.153 e. The van der Waals surface area contributed by atoms with Gasteiger partial charge >= 0.3 is 0 Å². The molecule has 114 valence electrons. The Morgan fingerprint density at radius 3 is 2.25 bits per heavy atom. The van der Waals surface area contributed by atoms with Crippen molar-refractivity contribution in [2.24, 2.45) is 0 Å². The van der Waals surface area contributed by atoms with Crippen molar-refractivity contribution >= 4 is 0 Å². The van der Waals surface area contributed by atoms with Crippen LogP contribution in [-0.4, -0.2) is 25.4 Å². The molecule has 0 fully saturated rings. The van der Waals surface area contributed by atoms with E-state index >= 15 is 0 Å². The Labute approximate surface area is 123 Å². The van der Waals surface area contributed by atoms with Crippen LogP contribution in [0.15, 0.2) is 12.1 Å². The Bertz CT molecular complexity index is 381. The minimum absolute atomic E-state index is 0.499. The van der Waals surface area contributed by atoms with Gasteiger partial charge in [0.05, 0.1) is 0 Å². The summed E-state index contributed by atoms with van der Waals surface area (Å²) in [6.07, 6.45) is 4.92. The fourth-order valence-electron chi connectivity index (χ4n) is 2.32. The molecule has 0 atom stereocenters. The van der Waals surface area contributed by atoms with Crippen molar-refractivity contribution in [3.05, 3.63) is 28.8 Å². The van der Waals surface area contributed by atoms with Crippen LogP contribution >= 0.6 is 0 Å². The molecule has 0 spiro atoms. The molecule has 3 nitrogen and oxygen atoms in total. The zero-order valence-electron chi connectivity index (χ0n) is 13.7. The van der Waals surface area contributed by atoms with E-state index in [1.165, 1.54) is 24.8 Å². The number of nitrogens with zero attached hydrogens (tertiary/aromatic N) is 1. The predicted molar refractivity (Wildman–Crippen MR) is 84.0 cm³/mol. The van der Waals surface area contributed by atoms with Gasteiger partial charge in [-0.3, -0.25) is 0 Å². The Morgan fingerprint density at radius 2 is 1.65 bits per heavy atom. The quantitative estimate of drug-likeness (QED) is 0.380. The molecule has 0 radical (unpaired) electrons. The Morgan fingerprint density at radius 1 is 1.00 bits per heavy atom. The molecule has 0 aliphatic carbocycles. The van der Waals surface area contributed by atoms with E-state index in [0.717, 1.165) is 29.9 Å². The van der Waals surface area contributed by atoms with Gasteiger partial charge in [-0.05, 0) is 38.3 Å². The van der Waals surface area contributed by atoms with Crippen LogP contribution in [0.3, 0.4) is 0 Å². The molecular formula is C17H29NO2. The SMILES string of the molecule is CCCCCCOCN(C)Oc1c(C)cc(C)cc1C. The van der Waals surface area contributed by atoms with Crippen LogP contribution in [0, 0.1) is 20.8 Å². The van der Waals surface area contributed by atoms with Gasteiger partial charge in [-0.25, -0.2) is 0 Å². The van der Waals surface area contributed by atoms with Crippen molar-refractivity contribution in [2.45, 2.75) is 53.4 Å². The number of hydroxylamine groups is 2. The topological polar surface area (TPSA) is 21.7 Å². The van der Waals surface area contributed by atoms with Crippen LogP contribution < -0.4 is 4.84 Å². The second-order valence-electron chi connectivity index (χ2n) is 5.55. The number of hydrogen-bond acceptors (Lipinski definition) is 3. The third kappa shape index (κ3) is 5.93. The fourth-order valence-corrected chi connectivity index (χ4v) is 2.32. The number of unbranched alkanes of at least 4 members (excludes halogenated alkanes) is 3. The summed E-state index contributed by atoms with van der Waals surface area (Å²) in [6, 6.07) is 4.28. The highest BCUT2D eigenvalue weighted by Crippen LogP contribution is 2.25. The van der Waals surface area contributed by atoms with Crippen LogP contribution in [0.5, 0.6) is 5.75 Å². The number of aryl methyl sites for hydroxylation is 3. The van der Waals surface area contributed by atoms with Gasteiger partial charge < -0.3 is 9.57 Å². The standard InChI is InChI=1S/C17H29NO2/c1-6-7-8-9-10-19-13-18(5)20-17-15(3)11-14(2)12-16(17)4/h11-12H,6-10,13H2,1-5H3. The summed E-state index contributed by atoms with van der Waals surface area (Å²) < 4.78 is 5.62. The van der Waals surface area contributed by atoms with Crippen molar-refractivity contribution in [1.29, 1.82) is 0 Å². The largest absolute Gasteiger partial charge is 0.403 e. The van der Waals surface area contributed by atoms with Gasteiger partial charge in [-0.15, -0.1) is 5.06 Å². The van der Waals surface area contributed by atoms with Crippen LogP contribution in [-0.2, 0) is 4.74 Å². The molecule has 1 rings (SSSR count). The zero-order valence-corrected chi connectivity index (χ0v) is 13.7. The molecule has 0 N–H and O–H groups in total. The predicted octanol–water partition coefficient (Wildman–Crippen LogP) is 4.39. The van der Waals surface area contributed by atoms with Gasteiger partial charge in [0.1, 0.15) is 6.73 Å². The average molecular weight is 279 g/mol. The van der Waals surface area contributed by atoms with E-state index in [1.54, 1.807) is 5.06 Å². The third-order valence-corrected chi connectivity index (χ3v) is 3.27. The molecule has 20 heavy (non-hydrogen) atoms. The van der Waals surface area contributed by atoms with Gasteiger partial charge in [0.25, 0.3) is 0 Å². The van der Waals surface area contributed by atoms with Crippen molar-refractivity contribution in [3.8, 4) is 5.75 Å². The molecule has 0 saturated carbocycles. The van der Waals surface area contributed by atoms with E-state index in [2.05, 4.69) is 39.8 Å². The number of hydrogen-bond donors (Lipinski definition) is 0. The van der Waals surface area contributed by atoms with Gasteiger partial charge in [-0.2, -0.15) is 0 Å². The van der Waals surface area contributed by atoms with Gasteiger partial charge in [0, 0.05) is 13.7 Å². The Kier molecular flexibility index (Phi) is 7.63. The van der Waals surface area contributed by atoms with Crippen LogP contribution in [0.1, 0.15) is 49.3 Å². The summed E-state index contributed by atoms with van der Waals surface area (Å²) in [7, 11) is 1.91. The molecule has 0 aliphatic rings. The van der Waals surface area contributed by atoms with E-state index in [-0.39, 0.29) is 0 Å². The highest BCUT2D eigenvalue weighted by molar-refractivity contribution is 5.42. The molecule has 0 saturated heterocycles. The smallest absolute Gasteiger partial charge is 0.153 e. The van der Waals surface area contributed by atoms with E-state index in [0.29, 0.717) is 6.73 Å². The number of benzene rings is 1. The van der Waals surface area contributed by atoms with Crippen molar-refractivity contribution < 1.29 is 9.57 Å². The van der Waals surface area contributed by atoms with Gasteiger partial charge in [0.15, 0.2) is 5.75 Å². The van der Waals surface area contributed by atoms with Gasteiger partial charge in [0.2, 0.25) is 0 Å². The first-order chi connectivity index (χ1) is 9.54. The molecule has 3 heteroatoms. The number of rotatable bonds is 9. The first kappa shape index (κ1) is 17.0. The summed E-state index contributed by atoms with van der Waals surface area (Å²) in [5, 5.41) is 1.75. The normalized spacial score (nSPS) is 11.1. The molecule has 1 aromatic rings. The van der Waals surface area contributed by atoms with Crippen LogP contribution in [0.2, 0.25) is 0 Å². The lowest BCUT2D eigenvalue weighted by atomic mass is 10.1. The van der Waals surface area contributed by atoms with Gasteiger partial charge in [-0.1, -0.05) is 43.9 Å². The Balaban J connectivity index is 2.34. The molecule has 0 bridgehead atoms. The van der Waals surface area contributed by atoms with Crippen molar-refractivity contribution in [3.63, 3.8) is 0 Å². The molecule has 0 heterocycles. The summed E-state index contributed by atoms with van der Waals surface area (Å²) in [6.45, 7) is 9.78. The molecule has 0 aliphatic heterocycles. The van der Waals surface area contributed by atoms with E-state index in [4.69, 9.17) is 9.57 Å². The summed E-state index contributed by atoms with van der Waals surface area (Å²) in [4.78, 5) is 5.87. The molecule has 0 amide bonds. The summed E-state index contributed by atoms with van der Waals surface area (Å²) in [5.74, 6) is 0.938. The fraction of sp³-hybridized carbons (Fsp3) is 0.647. The first-order valence-electron chi connectivity index (χ1n) is 7.59. The minimum Gasteiger partial charge on any atom is -0.403 e. The molecular weight excluding hydrogens is 250 g/mol. The lowest BCUT2D eigenvalue weighted by Crippen LogP contribution is -2.26. The van der Waals surface area contributed by atoms with Crippen LogP contribution in [0.25, 0.3) is 0 Å². The zero-order chi connectivity index (χ0) is 15.0. The van der Waals surface area contributed by atoms with E-state index in [9.17, 15) is 0 Å². The van der Waals surface area contributed by atoms with Crippen molar-refractivity contribution in [1.82, 2.24) is 5.06 Å². The third-order valence-electron chi connectivity index (χ3n) is 3.27. The van der Waals surface area contributed by atoms with E-state index < -0.39 is 0 Å². The first-order valence-corrected chi connectivity index (χ1v) is 7.59. The second kappa shape index (κ2) is 8.98. The van der Waals surface area contributed by atoms with E-state index in [1.807, 2.05) is 7.05 Å². The number of ether oxygens (including phenoxy) is 1. The highest BCUT2D eigenvalue weighted by atomic mass is 16.7. The lowest BCUT2D eigenvalue weighted by molar-refractivity contribution is -0.117. The highest BCUT2D eigenvalue weighted by Gasteiger charge is 2.08. The maximum atomic E-state index is 5.87. The average Bonchev–Trinajstić information content (AvgIpc) is 2.38. The lowest BCUT2D eigenvalue weighted by Gasteiger charge is -2.20. The summed E-state index contributed by atoms with van der Waals surface area (Å²) in [5.41, 5.74) is 3.59.